The van der Waals surface area contributed by atoms with Gasteiger partial charge < -0.3 is 5.32 Å². The first kappa shape index (κ1) is 16.3. The molecule has 1 aliphatic rings. The zero-order valence-electron chi connectivity index (χ0n) is 13.5. The van der Waals surface area contributed by atoms with Gasteiger partial charge in [0, 0.05) is 31.4 Å². The maximum absolute atomic E-state index is 11.8. The third-order valence-corrected chi connectivity index (χ3v) is 4.45. The number of carbonyl (C=O) groups is 2. The van der Waals surface area contributed by atoms with Gasteiger partial charge in [0.05, 0.1) is 23.0 Å². The fourth-order valence-electron chi connectivity index (χ4n) is 2.63. The highest BCUT2D eigenvalue weighted by molar-refractivity contribution is 6.31. The van der Waals surface area contributed by atoms with Crippen molar-refractivity contribution in [2.75, 3.05) is 16.8 Å². The number of halogens is 1. The first-order valence-electron chi connectivity index (χ1n) is 7.59. The van der Waals surface area contributed by atoms with Crippen molar-refractivity contribution in [3.05, 3.63) is 40.7 Å². The summed E-state index contributed by atoms with van der Waals surface area (Å²) in [6.45, 7) is 2.81. The number of hydrogen-bond donors (Lipinski definition) is 2. The fourth-order valence-corrected chi connectivity index (χ4v) is 2.85. The highest BCUT2D eigenvalue weighted by Crippen LogP contribution is 2.23. The van der Waals surface area contributed by atoms with Crippen molar-refractivity contribution in [1.29, 1.82) is 0 Å². The second-order valence-electron chi connectivity index (χ2n) is 5.63. The van der Waals surface area contributed by atoms with Gasteiger partial charge in [0.2, 0.25) is 5.91 Å². The van der Waals surface area contributed by atoms with E-state index in [-0.39, 0.29) is 11.9 Å². The van der Waals surface area contributed by atoms with Crippen molar-refractivity contribution in [3.63, 3.8) is 0 Å². The molecule has 8 heteroatoms. The summed E-state index contributed by atoms with van der Waals surface area (Å²) in [7, 11) is 1.86. The third-order valence-electron chi connectivity index (χ3n) is 3.95. The number of hydrogen-bond acceptors (Lipinski definition) is 4. The summed E-state index contributed by atoms with van der Waals surface area (Å²) >= 11 is 6.23. The third kappa shape index (κ3) is 3.21. The number of urea groups is 1. The summed E-state index contributed by atoms with van der Waals surface area (Å²) in [4.78, 5) is 24.6. The lowest BCUT2D eigenvalue weighted by Crippen LogP contribution is -2.49. The standard InChI is InChI=1S/C16H18ClN5O2/c1-10-15(17)13(21(2)20-10)9-18-11-3-5-12(6-4-11)22-8-7-14(23)19-16(22)24/h3-6,18H,7-9H2,1-2H3,(H,19,23,24). The Balaban J connectivity index is 1.66. The van der Waals surface area contributed by atoms with E-state index in [0.29, 0.717) is 24.5 Å². The molecule has 0 saturated carbocycles. The smallest absolute Gasteiger partial charge is 0.328 e. The van der Waals surface area contributed by atoms with Gasteiger partial charge in [-0.2, -0.15) is 5.10 Å². The SMILES string of the molecule is Cc1nn(C)c(CNc2ccc(N3CCC(=O)NC3=O)cc2)c1Cl. The lowest BCUT2D eigenvalue weighted by Gasteiger charge is -2.26. The van der Waals surface area contributed by atoms with E-state index in [0.717, 1.165) is 22.8 Å². The van der Waals surface area contributed by atoms with Crippen molar-refractivity contribution in [1.82, 2.24) is 15.1 Å². The molecule has 3 amide bonds. The van der Waals surface area contributed by atoms with Gasteiger partial charge in [-0.05, 0) is 31.2 Å². The van der Waals surface area contributed by atoms with Gasteiger partial charge in [-0.1, -0.05) is 11.6 Å². The Morgan fingerprint density at radius 3 is 2.58 bits per heavy atom. The number of rotatable bonds is 4. The number of imide groups is 1. The average molecular weight is 348 g/mol. The lowest BCUT2D eigenvalue weighted by molar-refractivity contribution is -0.120. The van der Waals surface area contributed by atoms with Crippen LogP contribution < -0.4 is 15.5 Å². The topological polar surface area (TPSA) is 79.3 Å². The van der Waals surface area contributed by atoms with E-state index in [9.17, 15) is 9.59 Å². The second kappa shape index (κ2) is 6.52. The van der Waals surface area contributed by atoms with Crippen LogP contribution in [0.5, 0.6) is 0 Å². The zero-order chi connectivity index (χ0) is 17.3. The molecular formula is C16H18ClN5O2. The summed E-state index contributed by atoms with van der Waals surface area (Å²) in [5.41, 5.74) is 3.37. The van der Waals surface area contributed by atoms with Gasteiger partial charge in [0.1, 0.15) is 0 Å². The largest absolute Gasteiger partial charge is 0.379 e. The molecule has 1 fully saturated rings. The van der Waals surface area contributed by atoms with E-state index in [1.165, 1.54) is 0 Å². The predicted molar refractivity (Wildman–Crippen MR) is 92.2 cm³/mol. The Morgan fingerprint density at radius 2 is 2.00 bits per heavy atom. The molecule has 3 rings (SSSR count). The van der Waals surface area contributed by atoms with Crippen LogP contribution in [0.15, 0.2) is 24.3 Å². The number of benzene rings is 1. The summed E-state index contributed by atoms with van der Waals surface area (Å²) in [6, 6.07) is 7.07. The summed E-state index contributed by atoms with van der Waals surface area (Å²) in [5, 5.41) is 10.5. The molecule has 1 aliphatic heterocycles. The van der Waals surface area contributed by atoms with Gasteiger partial charge >= 0.3 is 6.03 Å². The molecule has 2 aromatic rings. The molecule has 24 heavy (non-hydrogen) atoms. The van der Waals surface area contributed by atoms with Crippen LogP contribution in [0, 0.1) is 6.92 Å². The summed E-state index contributed by atoms with van der Waals surface area (Å²) in [5.74, 6) is -0.238. The molecule has 2 heterocycles. The van der Waals surface area contributed by atoms with E-state index in [4.69, 9.17) is 11.6 Å². The fraction of sp³-hybridized carbons (Fsp3) is 0.312. The van der Waals surface area contributed by atoms with Crippen LogP contribution >= 0.6 is 11.6 Å². The van der Waals surface area contributed by atoms with Crippen LogP contribution in [-0.4, -0.2) is 28.3 Å². The number of anilines is 2. The number of carbonyl (C=O) groups excluding carboxylic acids is 2. The molecule has 1 aromatic carbocycles. The van der Waals surface area contributed by atoms with E-state index in [2.05, 4.69) is 15.7 Å². The van der Waals surface area contributed by atoms with Crippen LogP contribution in [-0.2, 0) is 18.4 Å². The molecule has 0 radical (unpaired) electrons. The number of amides is 3. The first-order chi connectivity index (χ1) is 11.5. The molecule has 0 aliphatic carbocycles. The van der Waals surface area contributed by atoms with E-state index >= 15 is 0 Å². The molecule has 126 valence electrons. The molecule has 2 N–H and O–H groups in total. The van der Waals surface area contributed by atoms with Crippen molar-refractivity contribution in [3.8, 4) is 0 Å². The molecule has 7 nitrogen and oxygen atoms in total. The normalized spacial score (nSPS) is 14.7. The Labute approximate surface area is 144 Å². The number of aryl methyl sites for hydroxylation is 2. The molecule has 1 aromatic heterocycles. The van der Waals surface area contributed by atoms with Crippen LogP contribution in [0.1, 0.15) is 17.8 Å². The lowest BCUT2D eigenvalue weighted by atomic mass is 10.2. The molecular weight excluding hydrogens is 330 g/mol. The number of aromatic nitrogens is 2. The summed E-state index contributed by atoms with van der Waals surface area (Å²) in [6.07, 6.45) is 0.310. The highest BCUT2D eigenvalue weighted by Gasteiger charge is 2.23. The van der Waals surface area contributed by atoms with Crippen molar-refractivity contribution in [2.24, 2.45) is 7.05 Å². The number of nitrogens with zero attached hydrogens (tertiary/aromatic N) is 3. The minimum absolute atomic E-state index is 0.238. The van der Waals surface area contributed by atoms with Crippen molar-refractivity contribution < 1.29 is 9.59 Å². The van der Waals surface area contributed by atoms with E-state index < -0.39 is 0 Å². The zero-order valence-corrected chi connectivity index (χ0v) is 14.2. The minimum Gasteiger partial charge on any atom is -0.379 e. The maximum Gasteiger partial charge on any atom is 0.328 e. The molecule has 0 bridgehead atoms. The van der Waals surface area contributed by atoms with Crippen molar-refractivity contribution >= 4 is 34.9 Å². The second-order valence-corrected chi connectivity index (χ2v) is 6.00. The highest BCUT2D eigenvalue weighted by atomic mass is 35.5. The Morgan fingerprint density at radius 1 is 1.29 bits per heavy atom. The Kier molecular flexibility index (Phi) is 4.44. The van der Waals surface area contributed by atoms with Crippen LogP contribution in [0.4, 0.5) is 16.2 Å². The first-order valence-corrected chi connectivity index (χ1v) is 7.97. The van der Waals surface area contributed by atoms with Gasteiger partial charge in [-0.25, -0.2) is 4.79 Å². The van der Waals surface area contributed by atoms with E-state index in [1.807, 2.05) is 38.2 Å². The Hall–Kier alpha value is -2.54. The number of nitrogens with one attached hydrogen (secondary N) is 2. The Bertz CT molecular complexity index is 785. The molecule has 0 spiro atoms. The molecule has 0 atom stereocenters. The van der Waals surface area contributed by atoms with Gasteiger partial charge in [0.25, 0.3) is 0 Å². The van der Waals surface area contributed by atoms with Gasteiger partial charge in [-0.15, -0.1) is 0 Å². The quantitative estimate of drug-likeness (QED) is 0.890. The van der Waals surface area contributed by atoms with Crippen LogP contribution in [0.3, 0.4) is 0 Å². The molecule has 0 unspecified atom stereocenters. The van der Waals surface area contributed by atoms with Crippen molar-refractivity contribution in [2.45, 2.75) is 19.9 Å². The van der Waals surface area contributed by atoms with Gasteiger partial charge in [0.15, 0.2) is 0 Å². The maximum atomic E-state index is 11.8. The van der Waals surface area contributed by atoms with Gasteiger partial charge in [-0.3, -0.25) is 19.7 Å². The minimum atomic E-state index is -0.385. The predicted octanol–water partition coefficient (Wildman–Crippen LogP) is 2.44. The summed E-state index contributed by atoms with van der Waals surface area (Å²) < 4.78 is 1.76. The van der Waals surface area contributed by atoms with Crippen LogP contribution in [0.2, 0.25) is 5.02 Å². The molecule has 1 saturated heterocycles. The van der Waals surface area contributed by atoms with E-state index in [1.54, 1.807) is 9.58 Å². The van der Waals surface area contributed by atoms with Crippen LogP contribution in [0.25, 0.3) is 0 Å². The average Bonchev–Trinajstić information content (AvgIpc) is 2.79. The monoisotopic (exact) mass is 347 g/mol.